The lowest BCUT2D eigenvalue weighted by Gasteiger charge is -2.18. The molecule has 8 heteroatoms. The lowest BCUT2D eigenvalue weighted by atomic mass is 10.1. The summed E-state index contributed by atoms with van der Waals surface area (Å²) >= 11 is 0. The average molecular weight is 348 g/mol. The monoisotopic (exact) mass is 348 g/mol. The van der Waals surface area contributed by atoms with Crippen molar-refractivity contribution in [2.24, 2.45) is 0 Å². The van der Waals surface area contributed by atoms with Gasteiger partial charge in [0.15, 0.2) is 12.3 Å². The zero-order chi connectivity index (χ0) is 17.9. The van der Waals surface area contributed by atoms with Gasteiger partial charge in [-0.25, -0.2) is 0 Å². The Morgan fingerprint density at radius 3 is 3.04 bits per heavy atom. The topological polar surface area (TPSA) is 85.5 Å². The molecule has 4 rings (SSSR count). The van der Waals surface area contributed by atoms with Crippen molar-refractivity contribution in [3.05, 3.63) is 60.6 Å². The summed E-state index contributed by atoms with van der Waals surface area (Å²) in [4.78, 5) is 18.4. The smallest absolute Gasteiger partial charge is 0.260 e. The van der Waals surface area contributed by atoms with E-state index in [1.165, 1.54) is 10.8 Å². The lowest BCUT2D eigenvalue weighted by molar-refractivity contribution is -0.132. The van der Waals surface area contributed by atoms with Gasteiger partial charge in [-0.1, -0.05) is 18.2 Å². The molecule has 0 saturated carbocycles. The predicted octanol–water partition coefficient (Wildman–Crippen LogP) is 1.71. The number of pyridine rings is 1. The van der Waals surface area contributed by atoms with Gasteiger partial charge in [0.1, 0.15) is 6.33 Å². The van der Waals surface area contributed by atoms with Crippen LogP contribution in [0.1, 0.15) is 5.56 Å². The van der Waals surface area contributed by atoms with Gasteiger partial charge in [0.25, 0.3) is 5.91 Å². The maximum Gasteiger partial charge on any atom is 0.260 e. The molecule has 4 aromatic rings. The van der Waals surface area contributed by atoms with E-state index in [-0.39, 0.29) is 12.5 Å². The molecule has 1 amide bonds. The molecule has 0 aliphatic heterocycles. The zero-order valence-corrected chi connectivity index (χ0v) is 14.1. The van der Waals surface area contributed by atoms with Gasteiger partial charge in [0, 0.05) is 31.2 Å². The van der Waals surface area contributed by atoms with Crippen LogP contribution in [0.5, 0.6) is 5.88 Å². The van der Waals surface area contributed by atoms with Crippen molar-refractivity contribution in [1.29, 1.82) is 0 Å². The Morgan fingerprint density at radius 2 is 2.12 bits per heavy atom. The van der Waals surface area contributed by atoms with Crippen LogP contribution in [0, 0.1) is 0 Å². The zero-order valence-electron chi connectivity index (χ0n) is 14.1. The standard InChI is InChI=1S/C18H16N6O2/c1-23(10-13-4-2-6-15-14(13)5-3-9-19-15)18(25)11-26-17-8-7-16-21-20-12-24(16)22-17/h2-9,12H,10-11H2,1H3. The Labute approximate surface area is 149 Å². The number of carbonyl (C=O) groups is 1. The number of carbonyl (C=O) groups excluding carboxylic acids is 1. The predicted molar refractivity (Wildman–Crippen MR) is 94.5 cm³/mol. The molecular formula is C18H16N6O2. The summed E-state index contributed by atoms with van der Waals surface area (Å²) in [6.07, 6.45) is 3.24. The molecule has 3 heterocycles. The van der Waals surface area contributed by atoms with Crippen molar-refractivity contribution >= 4 is 22.5 Å². The van der Waals surface area contributed by atoms with Crippen molar-refractivity contribution in [2.45, 2.75) is 6.54 Å². The highest BCUT2D eigenvalue weighted by molar-refractivity contribution is 5.83. The van der Waals surface area contributed by atoms with E-state index >= 15 is 0 Å². The van der Waals surface area contributed by atoms with E-state index < -0.39 is 0 Å². The molecule has 1 aromatic carbocycles. The molecule has 0 fully saturated rings. The Bertz CT molecular complexity index is 1070. The second kappa shape index (κ2) is 6.75. The highest BCUT2D eigenvalue weighted by atomic mass is 16.5. The van der Waals surface area contributed by atoms with Crippen molar-refractivity contribution in [3.63, 3.8) is 0 Å². The summed E-state index contributed by atoms with van der Waals surface area (Å²) in [5.41, 5.74) is 2.56. The van der Waals surface area contributed by atoms with E-state index in [1.807, 2.05) is 30.3 Å². The number of aromatic nitrogens is 5. The summed E-state index contributed by atoms with van der Waals surface area (Å²) in [6.45, 7) is 0.378. The first kappa shape index (κ1) is 15.9. The highest BCUT2D eigenvalue weighted by Crippen LogP contribution is 2.18. The molecule has 130 valence electrons. The normalized spacial score (nSPS) is 11.0. The van der Waals surface area contributed by atoms with Gasteiger partial charge >= 0.3 is 0 Å². The molecule has 0 unspecified atom stereocenters. The van der Waals surface area contributed by atoms with E-state index in [4.69, 9.17) is 4.74 Å². The molecule has 3 aromatic heterocycles. The Hall–Kier alpha value is -3.55. The SMILES string of the molecule is CN(Cc1cccc2ncccc12)C(=O)COc1ccc2nncn2n1. The lowest BCUT2D eigenvalue weighted by Crippen LogP contribution is -2.31. The minimum absolute atomic E-state index is 0.0971. The molecule has 0 saturated heterocycles. The fraction of sp³-hybridized carbons (Fsp3) is 0.167. The number of ether oxygens (including phenoxy) is 1. The Kier molecular flexibility index (Phi) is 4.14. The molecule has 8 nitrogen and oxygen atoms in total. The molecule has 0 aliphatic carbocycles. The maximum atomic E-state index is 12.4. The Morgan fingerprint density at radius 1 is 1.19 bits per heavy atom. The van der Waals surface area contributed by atoms with E-state index in [1.54, 1.807) is 30.3 Å². The van der Waals surface area contributed by atoms with E-state index in [0.717, 1.165) is 16.5 Å². The van der Waals surface area contributed by atoms with Crippen LogP contribution in [-0.2, 0) is 11.3 Å². The van der Waals surface area contributed by atoms with Crippen molar-refractivity contribution < 1.29 is 9.53 Å². The summed E-state index contributed by atoms with van der Waals surface area (Å²) in [6, 6.07) is 13.2. The van der Waals surface area contributed by atoms with Crippen LogP contribution in [0.15, 0.2) is 55.0 Å². The molecular weight excluding hydrogens is 332 g/mol. The summed E-state index contributed by atoms with van der Waals surface area (Å²) in [7, 11) is 1.75. The fourth-order valence-corrected chi connectivity index (χ4v) is 2.68. The molecule has 0 atom stereocenters. The second-order valence-electron chi connectivity index (χ2n) is 5.83. The van der Waals surface area contributed by atoms with Crippen LogP contribution in [0.4, 0.5) is 0 Å². The molecule has 0 N–H and O–H groups in total. The molecule has 0 spiro atoms. The first-order chi connectivity index (χ1) is 12.7. The number of fused-ring (bicyclic) bond motifs is 2. The number of nitrogens with zero attached hydrogens (tertiary/aromatic N) is 6. The van der Waals surface area contributed by atoms with Crippen molar-refractivity contribution in [1.82, 2.24) is 29.7 Å². The highest BCUT2D eigenvalue weighted by Gasteiger charge is 2.12. The van der Waals surface area contributed by atoms with Gasteiger partial charge in [-0.15, -0.1) is 15.3 Å². The van der Waals surface area contributed by atoms with Gasteiger partial charge in [0.2, 0.25) is 5.88 Å². The van der Waals surface area contributed by atoms with Crippen molar-refractivity contribution in [3.8, 4) is 5.88 Å². The van der Waals surface area contributed by atoms with Gasteiger partial charge in [-0.05, 0) is 23.8 Å². The van der Waals surface area contributed by atoms with Gasteiger partial charge in [-0.3, -0.25) is 9.78 Å². The summed E-state index contributed by atoms with van der Waals surface area (Å²) in [5, 5.41) is 12.8. The van der Waals surface area contributed by atoms with Crippen LogP contribution < -0.4 is 4.74 Å². The first-order valence-corrected chi connectivity index (χ1v) is 8.07. The number of rotatable bonds is 5. The average Bonchev–Trinajstić information content (AvgIpc) is 3.14. The van der Waals surface area contributed by atoms with Crippen LogP contribution in [0.25, 0.3) is 16.6 Å². The molecule has 0 radical (unpaired) electrons. The summed E-state index contributed by atoms with van der Waals surface area (Å²) < 4.78 is 6.99. The van der Waals surface area contributed by atoms with E-state index in [9.17, 15) is 4.79 Å². The number of hydrogen-bond donors (Lipinski definition) is 0. The third-order valence-electron chi connectivity index (χ3n) is 4.05. The number of likely N-dealkylation sites (N-methyl/N-ethyl adjacent to an activating group) is 1. The van der Waals surface area contributed by atoms with Crippen LogP contribution in [0.2, 0.25) is 0 Å². The fourth-order valence-electron chi connectivity index (χ4n) is 2.68. The number of benzene rings is 1. The van der Waals surface area contributed by atoms with Crippen LogP contribution >= 0.6 is 0 Å². The minimum Gasteiger partial charge on any atom is -0.467 e. The van der Waals surface area contributed by atoms with E-state index in [2.05, 4.69) is 20.3 Å². The van der Waals surface area contributed by atoms with Gasteiger partial charge < -0.3 is 9.64 Å². The largest absolute Gasteiger partial charge is 0.467 e. The number of amides is 1. The van der Waals surface area contributed by atoms with Gasteiger partial charge in [-0.2, -0.15) is 4.52 Å². The first-order valence-electron chi connectivity index (χ1n) is 8.07. The second-order valence-corrected chi connectivity index (χ2v) is 5.83. The van der Waals surface area contributed by atoms with Gasteiger partial charge in [0.05, 0.1) is 5.52 Å². The molecule has 0 bridgehead atoms. The third-order valence-corrected chi connectivity index (χ3v) is 4.05. The molecule has 0 aliphatic rings. The van der Waals surface area contributed by atoms with E-state index in [0.29, 0.717) is 18.1 Å². The minimum atomic E-state index is -0.142. The van der Waals surface area contributed by atoms with Crippen LogP contribution in [0.3, 0.4) is 0 Å². The summed E-state index contributed by atoms with van der Waals surface area (Å²) in [5.74, 6) is 0.199. The third kappa shape index (κ3) is 3.16. The molecule has 26 heavy (non-hydrogen) atoms. The number of hydrogen-bond acceptors (Lipinski definition) is 6. The Balaban J connectivity index is 1.42. The van der Waals surface area contributed by atoms with Crippen LogP contribution in [-0.4, -0.2) is 49.3 Å². The van der Waals surface area contributed by atoms with Crippen molar-refractivity contribution in [2.75, 3.05) is 13.7 Å². The maximum absolute atomic E-state index is 12.4. The quantitative estimate of drug-likeness (QED) is 0.546.